The van der Waals surface area contributed by atoms with Crippen LogP contribution in [-0.4, -0.2) is 39.2 Å². The Balaban J connectivity index is 1.55. The van der Waals surface area contributed by atoms with Gasteiger partial charge in [0, 0.05) is 20.4 Å². The number of nitrogens with zero attached hydrogens (tertiary/aromatic N) is 1. The molecule has 0 unspecified atom stereocenters. The lowest BCUT2D eigenvalue weighted by molar-refractivity contribution is -0.133. The minimum absolute atomic E-state index is 0.00379. The molecule has 1 aliphatic carbocycles. The number of amides is 2. The molecule has 1 saturated carbocycles. The van der Waals surface area contributed by atoms with E-state index in [9.17, 15) is 14.4 Å². The number of hydrogen-bond donors (Lipinski definition) is 2. The number of nitrogens with one attached hydrogen (secondary N) is 2. The fraction of sp³-hybridized carbons (Fsp3) is 0.583. The normalized spacial score (nSPS) is 16.3. The standard InChI is InChI=1S/C24H33N3O4S/c1-15(2)21(32-17(4)28)22(29)27-24(11-5-6-12-24)23(30)25-13-7-8-18-9-10-19-20(14-18)31-16(3)26-19/h9-10,14-15,21H,5-8,11-13H2,1-4H3,(H,25,30)(H,27,29)/t21-/m0/s1. The molecule has 1 aliphatic rings. The minimum atomic E-state index is -0.877. The third-order valence-corrected chi connectivity index (χ3v) is 7.24. The molecule has 1 aromatic carbocycles. The molecule has 1 aromatic heterocycles. The summed E-state index contributed by atoms with van der Waals surface area (Å²) in [5.41, 5.74) is 1.88. The van der Waals surface area contributed by atoms with Crippen molar-refractivity contribution in [3.8, 4) is 0 Å². The average molecular weight is 460 g/mol. The summed E-state index contributed by atoms with van der Waals surface area (Å²) in [6.45, 7) is 7.65. The summed E-state index contributed by atoms with van der Waals surface area (Å²) in [4.78, 5) is 41.9. The zero-order chi connectivity index (χ0) is 23.3. The summed E-state index contributed by atoms with van der Waals surface area (Å²) in [5, 5.41) is 5.46. The Kier molecular flexibility index (Phi) is 7.98. The van der Waals surface area contributed by atoms with Gasteiger partial charge in [0.15, 0.2) is 16.6 Å². The van der Waals surface area contributed by atoms with Gasteiger partial charge in [-0.15, -0.1) is 0 Å². The van der Waals surface area contributed by atoms with E-state index in [1.807, 2.05) is 39.0 Å². The molecule has 0 saturated heterocycles. The third kappa shape index (κ3) is 5.91. The maximum absolute atomic E-state index is 13.1. The summed E-state index contributed by atoms with van der Waals surface area (Å²) < 4.78 is 5.59. The fourth-order valence-electron chi connectivity index (χ4n) is 4.27. The number of benzene rings is 1. The van der Waals surface area contributed by atoms with Crippen molar-refractivity contribution in [1.82, 2.24) is 15.6 Å². The van der Waals surface area contributed by atoms with Crippen molar-refractivity contribution in [3.05, 3.63) is 29.7 Å². The summed E-state index contributed by atoms with van der Waals surface area (Å²) >= 11 is 1.04. The van der Waals surface area contributed by atoms with E-state index in [1.165, 1.54) is 6.92 Å². The van der Waals surface area contributed by atoms with Gasteiger partial charge in [0.2, 0.25) is 11.8 Å². The van der Waals surface area contributed by atoms with Crippen molar-refractivity contribution >= 4 is 39.8 Å². The van der Waals surface area contributed by atoms with Crippen LogP contribution in [0.4, 0.5) is 0 Å². The quantitative estimate of drug-likeness (QED) is 0.551. The van der Waals surface area contributed by atoms with Gasteiger partial charge in [-0.05, 0) is 49.3 Å². The molecular formula is C24H33N3O4S. The van der Waals surface area contributed by atoms with E-state index < -0.39 is 10.8 Å². The lowest BCUT2D eigenvalue weighted by atomic mass is 9.95. The van der Waals surface area contributed by atoms with Crippen molar-refractivity contribution < 1.29 is 18.8 Å². The molecule has 1 fully saturated rings. The highest BCUT2D eigenvalue weighted by atomic mass is 32.2. The van der Waals surface area contributed by atoms with Crippen LogP contribution in [0.3, 0.4) is 0 Å². The van der Waals surface area contributed by atoms with E-state index in [0.717, 1.165) is 54.1 Å². The molecule has 2 amide bonds. The summed E-state index contributed by atoms with van der Waals surface area (Å²) in [6.07, 6.45) is 4.64. The maximum Gasteiger partial charge on any atom is 0.245 e. The summed E-state index contributed by atoms with van der Waals surface area (Å²) in [7, 11) is 0. The first-order valence-electron chi connectivity index (χ1n) is 11.3. The maximum atomic E-state index is 13.1. The Morgan fingerprint density at radius 2 is 1.94 bits per heavy atom. The Bertz CT molecular complexity index is 979. The molecule has 1 atom stereocenters. The third-order valence-electron chi connectivity index (χ3n) is 5.90. The zero-order valence-corrected chi connectivity index (χ0v) is 20.1. The van der Waals surface area contributed by atoms with E-state index >= 15 is 0 Å². The molecule has 2 aromatic rings. The van der Waals surface area contributed by atoms with Crippen molar-refractivity contribution in [2.24, 2.45) is 5.92 Å². The minimum Gasteiger partial charge on any atom is -0.441 e. The van der Waals surface area contributed by atoms with Crippen LogP contribution in [0.5, 0.6) is 0 Å². The van der Waals surface area contributed by atoms with Gasteiger partial charge in [-0.25, -0.2) is 4.98 Å². The molecule has 2 N–H and O–H groups in total. The van der Waals surface area contributed by atoms with Crippen molar-refractivity contribution in [2.45, 2.75) is 77.0 Å². The summed E-state index contributed by atoms with van der Waals surface area (Å²) in [5.74, 6) is 0.290. The second-order valence-corrected chi connectivity index (χ2v) is 10.3. The topological polar surface area (TPSA) is 101 Å². The lowest BCUT2D eigenvalue weighted by Gasteiger charge is -2.31. The number of carbonyl (C=O) groups excluding carboxylic acids is 3. The predicted octanol–water partition coefficient (Wildman–Crippen LogP) is 3.92. The molecular weight excluding hydrogens is 426 g/mol. The largest absolute Gasteiger partial charge is 0.441 e. The van der Waals surface area contributed by atoms with Crippen LogP contribution in [0.2, 0.25) is 0 Å². The Labute approximate surface area is 193 Å². The van der Waals surface area contributed by atoms with Gasteiger partial charge in [0.1, 0.15) is 11.1 Å². The van der Waals surface area contributed by atoms with Gasteiger partial charge in [-0.1, -0.05) is 44.5 Å². The Morgan fingerprint density at radius 3 is 2.59 bits per heavy atom. The van der Waals surface area contributed by atoms with Gasteiger partial charge < -0.3 is 15.1 Å². The predicted molar refractivity (Wildman–Crippen MR) is 126 cm³/mol. The van der Waals surface area contributed by atoms with Crippen molar-refractivity contribution in [1.29, 1.82) is 0 Å². The highest BCUT2D eigenvalue weighted by Crippen LogP contribution is 2.31. The van der Waals surface area contributed by atoms with Gasteiger partial charge in [-0.2, -0.15) is 0 Å². The van der Waals surface area contributed by atoms with Crippen LogP contribution in [0.1, 0.15) is 64.3 Å². The average Bonchev–Trinajstić information content (AvgIpc) is 3.34. The van der Waals surface area contributed by atoms with E-state index in [4.69, 9.17) is 4.42 Å². The molecule has 32 heavy (non-hydrogen) atoms. The highest BCUT2D eigenvalue weighted by molar-refractivity contribution is 8.14. The highest BCUT2D eigenvalue weighted by Gasteiger charge is 2.43. The van der Waals surface area contributed by atoms with E-state index in [-0.39, 0.29) is 22.8 Å². The molecule has 0 spiro atoms. The Morgan fingerprint density at radius 1 is 1.22 bits per heavy atom. The Hall–Kier alpha value is -2.35. The molecule has 7 nitrogen and oxygen atoms in total. The van der Waals surface area contributed by atoms with E-state index in [0.29, 0.717) is 25.3 Å². The molecule has 8 heteroatoms. The van der Waals surface area contributed by atoms with Crippen molar-refractivity contribution in [2.75, 3.05) is 6.54 Å². The van der Waals surface area contributed by atoms with Crippen LogP contribution in [0.25, 0.3) is 11.1 Å². The van der Waals surface area contributed by atoms with Gasteiger partial charge >= 0.3 is 0 Å². The number of thioether (sulfide) groups is 1. The number of fused-ring (bicyclic) bond motifs is 1. The molecule has 1 heterocycles. The van der Waals surface area contributed by atoms with Gasteiger partial charge in [0.25, 0.3) is 0 Å². The van der Waals surface area contributed by atoms with Crippen molar-refractivity contribution in [3.63, 3.8) is 0 Å². The summed E-state index contributed by atoms with van der Waals surface area (Å²) in [6, 6.07) is 5.98. The number of aromatic nitrogens is 1. The number of aryl methyl sites for hydroxylation is 2. The first kappa shape index (κ1) is 24.3. The monoisotopic (exact) mass is 459 g/mol. The molecule has 3 rings (SSSR count). The number of rotatable bonds is 9. The van der Waals surface area contributed by atoms with Crippen LogP contribution in [0, 0.1) is 12.8 Å². The number of oxazole rings is 1. The van der Waals surface area contributed by atoms with Crippen LogP contribution in [-0.2, 0) is 20.8 Å². The zero-order valence-electron chi connectivity index (χ0n) is 19.3. The van der Waals surface area contributed by atoms with E-state index in [2.05, 4.69) is 15.6 Å². The number of hydrogen-bond acceptors (Lipinski definition) is 6. The van der Waals surface area contributed by atoms with Crippen LogP contribution < -0.4 is 10.6 Å². The van der Waals surface area contributed by atoms with E-state index in [1.54, 1.807) is 0 Å². The second kappa shape index (κ2) is 10.5. The molecule has 0 bridgehead atoms. The first-order valence-corrected chi connectivity index (χ1v) is 12.2. The van der Waals surface area contributed by atoms with Crippen LogP contribution >= 0.6 is 11.8 Å². The lowest BCUT2D eigenvalue weighted by Crippen LogP contribution is -2.59. The number of carbonyl (C=O) groups is 3. The smallest absolute Gasteiger partial charge is 0.245 e. The van der Waals surface area contributed by atoms with Gasteiger partial charge in [-0.3, -0.25) is 14.4 Å². The first-order chi connectivity index (χ1) is 15.2. The SMILES string of the molecule is CC(=O)S[C@H](C(=O)NC1(C(=O)NCCCc2ccc3nc(C)oc3c2)CCCC1)C(C)C. The fourth-order valence-corrected chi connectivity index (χ4v) is 5.06. The molecule has 174 valence electrons. The molecule has 0 radical (unpaired) electrons. The van der Waals surface area contributed by atoms with Gasteiger partial charge in [0.05, 0.1) is 5.25 Å². The van der Waals surface area contributed by atoms with Crippen LogP contribution in [0.15, 0.2) is 22.6 Å². The molecule has 0 aliphatic heterocycles. The second-order valence-electron chi connectivity index (χ2n) is 8.95.